The van der Waals surface area contributed by atoms with Crippen molar-refractivity contribution in [2.45, 2.75) is 13.3 Å². The summed E-state index contributed by atoms with van der Waals surface area (Å²) in [6.45, 7) is 2.07. The average Bonchev–Trinajstić information content (AvgIpc) is 2.38. The van der Waals surface area contributed by atoms with Gasteiger partial charge in [-0.25, -0.2) is 9.97 Å². The molecule has 1 heterocycles. The number of nitrogens with zero attached hydrogens (tertiary/aromatic N) is 2. The Labute approximate surface area is 111 Å². The lowest BCUT2D eigenvalue weighted by atomic mass is 10.2. The van der Waals surface area contributed by atoms with Crippen molar-refractivity contribution in [2.75, 3.05) is 17.7 Å². The van der Waals surface area contributed by atoms with E-state index >= 15 is 0 Å². The zero-order valence-electron chi connectivity index (χ0n) is 10.4. The van der Waals surface area contributed by atoms with E-state index < -0.39 is 0 Å². The maximum absolute atomic E-state index is 5.96. The van der Waals surface area contributed by atoms with Gasteiger partial charge in [0.2, 0.25) is 0 Å². The van der Waals surface area contributed by atoms with Gasteiger partial charge in [0.15, 0.2) is 0 Å². The third-order valence-electron chi connectivity index (χ3n) is 2.62. The summed E-state index contributed by atoms with van der Waals surface area (Å²) in [6.07, 6.45) is 2.39. The Morgan fingerprint density at radius 2 is 2.00 bits per heavy atom. The van der Waals surface area contributed by atoms with Crippen LogP contribution in [0.1, 0.15) is 12.5 Å². The third-order valence-corrected chi connectivity index (χ3v) is 2.86. The van der Waals surface area contributed by atoms with Crippen molar-refractivity contribution < 1.29 is 0 Å². The summed E-state index contributed by atoms with van der Waals surface area (Å²) in [6, 6.07) is 7.55. The monoisotopic (exact) mass is 262 g/mol. The van der Waals surface area contributed by atoms with Crippen LogP contribution in [0.5, 0.6) is 0 Å². The number of hydrogen-bond donors (Lipinski definition) is 2. The number of benzene rings is 1. The molecule has 2 aromatic rings. The molecule has 2 rings (SSSR count). The lowest BCUT2D eigenvalue weighted by Crippen LogP contribution is -2.04. The van der Waals surface area contributed by atoms with E-state index in [0.717, 1.165) is 29.3 Å². The molecule has 0 saturated carbocycles. The Balaban J connectivity index is 2.34. The first-order valence-electron chi connectivity index (χ1n) is 5.78. The molecular formula is C13H15ClN4. The molecule has 4 nitrogen and oxygen atoms in total. The molecule has 1 aromatic carbocycles. The molecule has 0 aliphatic rings. The first-order chi connectivity index (χ1) is 8.74. The van der Waals surface area contributed by atoms with Gasteiger partial charge in [0.25, 0.3) is 0 Å². The van der Waals surface area contributed by atoms with E-state index in [2.05, 4.69) is 27.5 Å². The van der Waals surface area contributed by atoms with Crippen molar-refractivity contribution in [3.63, 3.8) is 0 Å². The minimum absolute atomic E-state index is 0.695. The highest BCUT2D eigenvalue weighted by molar-refractivity contribution is 6.30. The van der Waals surface area contributed by atoms with E-state index in [1.807, 2.05) is 31.3 Å². The summed E-state index contributed by atoms with van der Waals surface area (Å²) in [5, 5.41) is 7.03. The van der Waals surface area contributed by atoms with Crippen LogP contribution in [0.2, 0.25) is 5.02 Å². The van der Waals surface area contributed by atoms with Crippen molar-refractivity contribution in [2.24, 2.45) is 0 Å². The Morgan fingerprint density at radius 3 is 2.67 bits per heavy atom. The molecule has 0 spiro atoms. The number of nitrogens with one attached hydrogen (secondary N) is 2. The molecule has 0 saturated heterocycles. The van der Waals surface area contributed by atoms with Crippen molar-refractivity contribution in [3.8, 4) is 0 Å². The van der Waals surface area contributed by atoms with Crippen LogP contribution in [-0.4, -0.2) is 17.0 Å². The van der Waals surface area contributed by atoms with Crippen LogP contribution in [0, 0.1) is 0 Å². The first-order valence-corrected chi connectivity index (χ1v) is 6.16. The molecule has 18 heavy (non-hydrogen) atoms. The molecule has 0 fully saturated rings. The van der Waals surface area contributed by atoms with Gasteiger partial charge in [0.1, 0.15) is 18.0 Å². The highest BCUT2D eigenvalue weighted by Crippen LogP contribution is 2.24. The quantitative estimate of drug-likeness (QED) is 0.886. The van der Waals surface area contributed by atoms with Crippen molar-refractivity contribution >= 4 is 28.9 Å². The molecule has 2 N–H and O–H groups in total. The fourth-order valence-electron chi connectivity index (χ4n) is 1.77. The van der Waals surface area contributed by atoms with Gasteiger partial charge in [-0.05, 0) is 24.6 Å². The summed E-state index contributed by atoms with van der Waals surface area (Å²) in [5.74, 6) is 1.65. The van der Waals surface area contributed by atoms with Crippen molar-refractivity contribution in [1.82, 2.24) is 9.97 Å². The van der Waals surface area contributed by atoms with Crippen LogP contribution in [0.4, 0.5) is 17.3 Å². The molecule has 94 valence electrons. The average molecular weight is 263 g/mol. The third kappa shape index (κ3) is 2.71. The minimum atomic E-state index is 0.695. The molecule has 0 bridgehead atoms. The van der Waals surface area contributed by atoms with Gasteiger partial charge in [-0.2, -0.15) is 0 Å². The van der Waals surface area contributed by atoms with Gasteiger partial charge in [0.05, 0.1) is 0 Å². The van der Waals surface area contributed by atoms with Crippen LogP contribution in [-0.2, 0) is 6.42 Å². The van der Waals surface area contributed by atoms with Crippen LogP contribution in [0.15, 0.2) is 30.6 Å². The Morgan fingerprint density at radius 1 is 1.22 bits per heavy atom. The van der Waals surface area contributed by atoms with Crippen LogP contribution < -0.4 is 10.6 Å². The van der Waals surface area contributed by atoms with Gasteiger partial charge >= 0.3 is 0 Å². The predicted octanol–water partition coefficient (Wildman–Crippen LogP) is 3.48. The molecular weight excluding hydrogens is 248 g/mol. The standard InChI is InChI=1S/C13H15ClN4/c1-3-11-12(15-2)16-8-17-13(11)18-10-6-4-5-9(14)7-10/h4-8H,3H2,1-2H3,(H2,15,16,17,18). The molecule has 0 aliphatic carbocycles. The van der Waals surface area contributed by atoms with Gasteiger partial charge in [-0.15, -0.1) is 0 Å². The lowest BCUT2D eigenvalue weighted by molar-refractivity contribution is 1.05. The molecule has 5 heteroatoms. The van der Waals surface area contributed by atoms with Crippen LogP contribution >= 0.6 is 11.6 Å². The fraction of sp³-hybridized carbons (Fsp3) is 0.231. The second-order valence-electron chi connectivity index (χ2n) is 3.79. The van der Waals surface area contributed by atoms with E-state index in [9.17, 15) is 0 Å². The second kappa shape index (κ2) is 5.69. The highest BCUT2D eigenvalue weighted by Gasteiger charge is 2.08. The maximum atomic E-state index is 5.96. The van der Waals surface area contributed by atoms with Crippen molar-refractivity contribution in [1.29, 1.82) is 0 Å². The van der Waals surface area contributed by atoms with E-state index in [4.69, 9.17) is 11.6 Å². The zero-order valence-corrected chi connectivity index (χ0v) is 11.1. The normalized spacial score (nSPS) is 10.2. The van der Waals surface area contributed by atoms with Gasteiger partial charge in [0, 0.05) is 23.3 Å². The SMILES string of the molecule is CCc1c(NC)ncnc1Nc1cccc(Cl)c1. The van der Waals surface area contributed by atoms with E-state index in [1.54, 1.807) is 0 Å². The maximum Gasteiger partial charge on any atom is 0.139 e. The van der Waals surface area contributed by atoms with Gasteiger partial charge in [-0.3, -0.25) is 0 Å². The molecule has 0 aliphatic heterocycles. The Bertz CT molecular complexity index is 542. The first kappa shape index (κ1) is 12.6. The lowest BCUT2D eigenvalue weighted by Gasteiger charge is -2.12. The summed E-state index contributed by atoms with van der Waals surface area (Å²) < 4.78 is 0. The summed E-state index contributed by atoms with van der Waals surface area (Å²) in [5.41, 5.74) is 1.97. The predicted molar refractivity (Wildman–Crippen MR) is 75.7 cm³/mol. The molecule has 0 amide bonds. The Hall–Kier alpha value is -1.81. The van der Waals surface area contributed by atoms with E-state index in [-0.39, 0.29) is 0 Å². The second-order valence-corrected chi connectivity index (χ2v) is 4.22. The van der Waals surface area contributed by atoms with Crippen LogP contribution in [0.3, 0.4) is 0 Å². The zero-order chi connectivity index (χ0) is 13.0. The Kier molecular flexibility index (Phi) is 3.99. The van der Waals surface area contributed by atoms with Gasteiger partial charge < -0.3 is 10.6 Å². The van der Waals surface area contributed by atoms with E-state index in [0.29, 0.717) is 5.02 Å². The largest absolute Gasteiger partial charge is 0.373 e. The number of rotatable bonds is 4. The number of anilines is 3. The molecule has 1 aromatic heterocycles. The smallest absolute Gasteiger partial charge is 0.139 e. The molecule has 0 radical (unpaired) electrons. The minimum Gasteiger partial charge on any atom is -0.373 e. The molecule has 0 atom stereocenters. The summed E-state index contributed by atoms with van der Waals surface area (Å²) in [7, 11) is 1.85. The summed E-state index contributed by atoms with van der Waals surface area (Å²) in [4.78, 5) is 8.48. The van der Waals surface area contributed by atoms with Crippen molar-refractivity contribution in [3.05, 3.63) is 41.2 Å². The topological polar surface area (TPSA) is 49.8 Å². The number of hydrogen-bond acceptors (Lipinski definition) is 4. The van der Waals surface area contributed by atoms with Crippen LogP contribution in [0.25, 0.3) is 0 Å². The fourth-order valence-corrected chi connectivity index (χ4v) is 1.96. The van der Waals surface area contributed by atoms with E-state index in [1.165, 1.54) is 6.33 Å². The molecule has 0 unspecified atom stereocenters. The number of aromatic nitrogens is 2. The summed E-state index contributed by atoms with van der Waals surface area (Å²) >= 11 is 5.96. The number of halogens is 1. The van der Waals surface area contributed by atoms with Gasteiger partial charge in [-0.1, -0.05) is 24.6 Å². The highest BCUT2D eigenvalue weighted by atomic mass is 35.5.